The SMILES string of the molecule is CC(C)(c1ccc(CNc2ccc3c(c2)C(=O)N(C2CCC(=O)NC2=O)C3=O)cc1)c1ccc(OCc2ccnc(N3CC4(CC(=O)C4)C3)n2)cc1. The fraction of sp³-hybridized carbons (Fsp3) is 0.325. The Morgan fingerprint density at radius 3 is 2.27 bits per heavy atom. The second-order valence-corrected chi connectivity index (χ2v) is 14.8. The number of rotatable bonds is 10. The Balaban J connectivity index is 0.853. The Morgan fingerprint density at radius 2 is 1.58 bits per heavy atom. The van der Waals surface area contributed by atoms with Crippen molar-refractivity contribution < 1.29 is 28.7 Å². The quantitative estimate of drug-likeness (QED) is 0.226. The lowest BCUT2D eigenvalue weighted by atomic mass is 9.63. The van der Waals surface area contributed by atoms with Crippen molar-refractivity contribution in [1.29, 1.82) is 0 Å². The van der Waals surface area contributed by atoms with Gasteiger partial charge in [-0.25, -0.2) is 9.97 Å². The van der Waals surface area contributed by atoms with Gasteiger partial charge in [0.05, 0.1) is 16.8 Å². The van der Waals surface area contributed by atoms with Crippen LogP contribution in [0.25, 0.3) is 0 Å². The van der Waals surface area contributed by atoms with Gasteiger partial charge < -0.3 is 15.0 Å². The van der Waals surface area contributed by atoms with Crippen LogP contribution in [0, 0.1) is 5.41 Å². The highest BCUT2D eigenvalue weighted by Crippen LogP contribution is 2.46. The van der Waals surface area contributed by atoms with E-state index in [-0.39, 0.29) is 34.8 Å². The van der Waals surface area contributed by atoms with Gasteiger partial charge in [-0.2, -0.15) is 0 Å². The number of ether oxygens (including phenoxy) is 1. The number of nitrogens with zero attached hydrogens (tertiary/aromatic N) is 4. The van der Waals surface area contributed by atoms with Gasteiger partial charge in [0.1, 0.15) is 24.2 Å². The number of anilines is 2. The molecule has 52 heavy (non-hydrogen) atoms. The molecule has 4 heterocycles. The van der Waals surface area contributed by atoms with Gasteiger partial charge in [0.2, 0.25) is 17.8 Å². The van der Waals surface area contributed by atoms with Crippen molar-refractivity contribution >= 4 is 41.0 Å². The van der Waals surface area contributed by atoms with Crippen LogP contribution in [0.3, 0.4) is 0 Å². The molecule has 4 aromatic rings. The molecule has 1 saturated carbocycles. The maximum atomic E-state index is 13.2. The van der Waals surface area contributed by atoms with Crippen LogP contribution in [0.4, 0.5) is 11.6 Å². The van der Waals surface area contributed by atoms with Crippen molar-refractivity contribution in [2.24, 2.45) is 5.41 Å². The summed E-state index contributed by atoms with van der Waals surface area (Å²) >= 11 is 0. The van der Waals surface area contributed by atoms with Gasteiger partial charge in [0.15, 0.2) is 0 Å². The molecule has 3 aliphatic heterocycles. The molecule has 4 aliphatic rings. The fourth-order valence-corrected chi connectivity index (χ4v) is 7.65. The zero-order valence-corrected chi connectivity index (χ0v) is 29.0. The molecule has 1 aliphatic carbocycles. The van der Waals surface area contributed by atoms with Crippen LogP contribution in [0.1, 0.15) is 82.6 Å². The Labute approximate surface area is 300 Å². The van der Waals surface area contributed by atoms with Gasteiger partial charge in [0, 0.05) is 61.6 Å². The molecule has 4 amide bonds. The minimum atomic E-state index is -0.995. The first-order valence-electron chi connectivity index (χ1n) is 17.5. The van der Waals surface area contributed by atoms with Gasteiger partial charge in [-0.1, -0.05) is 50.2 Å². The molecular formula is C40H38N6O6. The lowest BCUT2D eigenvalue weighted by Crippen LogP contribution is -2.63. The van der Waals surface area contributed by atoms with Gasteiger partial charge in [-0.15, -0.1) is 0 Å². The second-order valence-electron chi connectivity index (χ2n) is 14.8. The summed E-state index contributed by atoms with van der Waals surface area (Å²) in [7, 11) is 0. The normalized spacial score (nSPS) is 19.3. The topological polar surface area (TPSA) is 151 Å². The number of carbonyl (C=O) groups excluding carboxylic acids is 5. The first kappa shape index (κ1) is 33.2. The summed E-state index contributed by atoms with van der Waals surface area (Å²) in [5.41, 5.74) is 5.15. The number of hydrogen-bond donors (Lipinski definition) is 2. The van der Waals surface area contributed by atoms with E-state index in [2.05, 4.69) is 75.7 Å². The van der Waals surface area contributed by atoms with E-state index in [9.17, 15) is 24.0 Å². The highest BCUT2D eigenvalue weighted by Gasteiger charge is 2.52. The third-order valence-corrected chi connectivity index (χ3v) is 10.8. The van der Waals surface area contributed by atoms with E-state index in [1.807, 2.05) is 18.2 Å². The summed E-state index contributed by atoms with van der Waals surface area (Å²) < 4.78 is 6.07. The van der Waals surface area contributed by atoms with Crippen molar-refractivity contribution in [2.45, 2.75) is 64.1 Å². The summed E-state index contributed by atoms with van der Waals surface area (Å²) in [5.74, 6) is -0.315. The average molecular weight is 699 g/mol. The lowest BCUT2D eigenvalue weighted by Gasteiger charge is -2.54. The van der Waals surface area contributed by atoms with E-state index in [0.29, 0.717) is 43.4 Å². The largest absolute Gasteiger partial charge is 0.487 e. The molecule has 1 atom stereocenters. The Morgan fingerprint density at radius 1 is 0.885 bits per heavy atom. The number of carbonyl (C=O) groups is 5. The van der Waals surface area contributed by atoms with E-state index in [4.69, 9.17) is 4.74 Å². The molecule has 1 aromatic heterocycles. The standard InChI is InChI=1S/C40H38N6O6/c1-39(2,26-7-10-30(11-8-26)52-21-28-15-16-41-38(43-28)45-22-40(23-45)18-29(47)19-40)25-5-3-24(4-6-25)20-42-27-9-12-31-32(17-27)37(51)46(36(31)50)33-13-14-34(48)44-35(33)49/h3-12,15-17,33,42H,13-14,18-23H2,1-2H3,(H,44,48,49). The van der Waals surface area contributed by atoms with Crippen molar-refractivity contribution in [3.63, 3.8) is 0 Å². The molecule has 264 valence electrons. The van der Waals surface area contributed by atoms with Crippen molar-refractivity contribution in [2.75, 3.05) is 23.3 Å². The maximum Gasteiger partial charge on any atom is 0.262 e. The third-order valence-electron chi connectivity index (χ3n) is 10.8. The lowest BCUT2D eigenvalue weighted by molar-refractivity contribution is -0.136. The number of piperidine rings is 1. The van der Waals surface area contributed by atoms with Crippen LogP contribution >= 0.6 is 0 Å². The number of Topliss-reactive ketones (excluding diaryl/α,β-unsaturated/α-hetero) is 1. The van der Waals surface area contributed by atoms with Gasteiger partial charge in [-0.3, -0.25) is 34.2 Å². The molecule has 12 nitrogen and oxygen atoms in total. The van der Waals surface area contributed by atoms with Crippen molar-refractivity contribution in [3.8, 4) is 5.75 Å². The molecule has 3 fully saturated rings. The summed E-state index contributed by atoms with van der Waals surface area (Å²) in [5, 5.41) is 5.56. The summed E-state index contributed by atoms with van der Waals surface area (Å²) in [6, 6.07) is 22.3. The molecule has 0 radical (unpaired) electrons. The predicted octanol–water partition coefficient (Wildman–Crippen LogP) is 4.56. The predicted molar refractivity (Wildman–Crippen MR) is 191 cm³/mol. The number of aromatic nitrogens is 2. The van der Waals surface area contributed by atoms with E-state index >= 15 is 0 Å². The first-order valence-corrected chi connectivity index (χ1v) is 17.5. The summed E-state index contributed by atoms with van der Waals surface area (Å²) in [6.07, 6.45) is 3.29. The first-order chi connectivity index (χ1) is 25.0. The zero-order valence-electron chi connectivity index (χ0n) is 29.0. The van der Waals surface area contributed by atoms with Crippen LogP contribution < -0.4 is 20.3 Å². The summed E-state index contributed by atoms with van der Waals surface area (Å²) in [4.78, 5) is 73.8. The number of ketones is 1. The number of fused-ring (bicyclic) bond motifs is 1. The fourth-order valence-electron chi connectivity index (χ4n) is 7.65. The smallest absolute Gasteiger partial charge is 0.262 e. The Bertz CT molecular complexity index is 2110. The van der Waals surface area contributed by atoms with Crippen molar-refractivity contribution in [1.82, 2.24) is 20.2 Å². The van der Waals surface area contributed by atoms with E-state index in [1.54, 1.807) is 24.4 Å². The van der Waals surface area contributed by atoms with Crippen LogP contribution in [0.5, 0.6) is 5.75 Å². The van der Waals surface area contributed by atoms with Crippen LogP contribution in [0.15, 0.2) is 79.0 Å². The average Bonchev–Trinajstić information content (AvgIpc) is 3.36. The second kappa shape index (κ2) is 12.7. The number of imide groups is 2. The number of amides is 4. The highest BCUT2D eigenvalue weighted by molar-refractivity contribution is 6.23. The molecule has 0 bridgehead atoms. The van der Waals surface area contributed by atoms with Crippen LogP contribution in [0.2, 0.25) is 0 Å². The monoisotopic (exact) mass is 698 g/mol. The highest BCUT2D eigenvalue weighted by atomic mass is 16.5. The minimum Gasteiger partial charge on any atom is -0.487 e. The number of hydrogen-bond acceptors (Lipinski definition) is 10. The maximum absolute atomic E-state index is 13.2. The Hall–Kier alpha value is -5.91. The minimum absolute atomic E-state index is 0.0767. The van der Waals surface area contributed by atoms with Gasteiger partial charge in [-0.05, 0) is 59.5 Å². The zero-order chi connectivity index (χ0) is 36.2. The molecule has 3 aromatic carbocycles. The van der Waals surface area contributed by atoms with Crippen LogP contribution in [-0.4, -0.2) is 63.4 Å². The molecule has 12 heteroatoms. The molecule has 1 unspecified atom stereocenters. The molecule has 8 rings (SSSR count). The van der Waals surface area contributed by atoms with E-state index < -0.39 is 29.7 Å². The summed E-state index contributed by atoms with van der Waals surface area (Å²) in [6.45, 7) is 6.85. The third kappa shape index (κ3) is 6.07. The molecule has 1 spiro atoms. The molecule has 2 saturated heterocycles. The van der Waals surface area contributed by atoms with E-state index in [0.717, 1.165) is 46.1 Å². The van der Waals surface area contributed by atoms with Crippen LogP contribution in [-0.2, 0) is 33.0 Å². The van der Waals surface area contributed by atoms with Gasteiger partial charge in [0.25, 0.3) is 11.8 Å². The van der Waals surface area contributed by atoms with Gasteiger partial charge >= 0.3 is 0 Å². The number of benzene rings is 3. The Kier molecular flexibility index (Phi) is 8.12. The van der Waals surface area contributed by atoms with E-state index in [1.165, 1.54) is 0 Å². The van der Waals surface area contributed by atoms with Crippen molar-refractivity contribution in [3.05, 3.63) is 113 Å². The molecular weight excluding hydrogens is 660 g/mol. The number of nitrogens with one attached hydrogen (secondary N) is 2. The molecule has 2 N–H and O–H groups in total.